The number of carbonyl (C=O) groups excluding carboxylic acids is 1. The number of rotatable bonds is 3. The van der Waals surface area contributed by atoms with Crippen LogP contribution in [0.25, 0.3) is 0 Å². The normalized spacial score (nSPS) is 14.3. The first-order valence-electron chi connectivity index (χ1n) is 7.93. The van der Waals surface area contributed by atoms with E-state index in [1.54, 1.807) is 12.1 Å². The molecule has 3 rings (SSSR count). The first-order chi connectivity index (χ1) is 12.0. The molecule has 2 amide bonds. The number of carboxylic acid groups (broad SMARTS) is 1. The van der Waals surface area contributed by atoms with Crippen LogP contribution in [0.2, 0.25) is 0 Å². The van der Waals surface area contributed by atoms with Crippen LogP contribution in [0.1, 0.15) is 10.4 Å². The van der Waals surface area contributed by atoms with Crippen LogP contribution in [-0.2, 0) is 0 Å². The molecular formula is C18H18BrN3O3. The second kappa shape index (κ2) is 7.57. The van der Waals surface area contributed by atoms with E-state index in [1.165, 1.54) is 4.90 Å². The van der Waals surface area contributed by atoms with E-state index in [-0.39, 0.29) is 5.91 Å². The molecule has 1 fully saturated rings. The Hall–Kier alpha value is -2.54. The van der Waals surface area contributed by atoms with Crippen molar-refractivity contribution in [3.05, 3.63) is 58.6 Å². The first kappa shape index (κ1) is 17.3. The SMILES string of the molecule is O=C(Nc1cccc(Br)c1)c1ccc(N2CCN(C(=O)O)CC2)cc1. The Kier molecular flexibility index (Phi) is 5.23. The van der Waals surface area contributed by atoms with Crippen LogP contribution in [-0.4, -0.2) is 48.2 Å². The smallest absolute Gasteiger partial charge is 0.407 e. The molecular weight excluding hydrogens is 386 g/mol. The fourth-order valence-corrected chi connectivity index (χ4v) is 3.15. The van der Waals surface area contributed by atoms with E-state index >= 15 is 0 Å². The maximum Gasteiger partial charge on any atom is 0.407 e. The predicted molar refractivity (Wildman–Crippen MR) is 100 cm³/mol. The van der Waals surface area contributed by atoms with Crippen molar-refractivity contribution in [3.8, 4) is 0 Å². The predicted octanol–water partition coefficient (Wildman–Crippen LogP) is 3.50. The van der Waals surface area contributed by atoms with Gasteiger partial charge < -0.3 is 20.2 Å². The lowest BCUT2D eigenvalue weighted by atomic mass is 10.1. The van der Waals surface area contributed by atoms with E-state index in [4.69, 9.17) is 5.11 Å². The molecule has 7 heteroatoms. The topological polar surface area (TPSA) is 72.9 Å². The molecule has 6 nitrogen and oxygen atoms in total. The van der Waals surface area contributed by atoms with Gasteiger partial charge in [0.25, 0.3) is 5.91 Å². The van der Waals surface area contributed by atoms with Gasteiger partial charge in [0.2, 0.25) is 0 Å². The molecule has 0 aliphatic carbocycles. The zero-order chi connectivity index (χ0) is 17.8. The molecule has 1 heterocycles. The highest BCUT2D eigenvalue weighted by Crippen LogP contribution is 2.19. The van der Waals surface area contributed by atoms with Gasteiger partial charge in [0.05, 0.1) is 0 Å². The molecule has 130 valence electrons. The van der Waals surface area contributed by atoms with Crippen LogP contribution in [0.5, 0.6) is 0 Å². The molecule has 2 N–H and O–H groups in total. The van der Waals surface area contributed by atoms with Gasteiger partial charge in [-0.25, -0.2) is 4.79 Å². The lowest BCUT2D eigenvalue weighted by Gasteiger charge is -2.34. The molecule has 0 bridgehead atoms. The van der Waals surface area contributed by atoms with Crippen LogP contribution >= 0.6 is 15.9 Å². The van der Waals surface area contributed by atoms with Gasteiger partial charge in [-0.1, -0.05) is 22.0 Å². The fraction of sp³-hybridized carbons (Fsp3) is 0.222. The van der Waals surface area contributed by atoms with Crippen molar-refractivity contribution in [3.63, 3.8) is 0 Å². The first-order valence-corrected chi connectivity index (χ1v) is 8.72. The third kappa shape index (κ3) is 4.30. The Bertz CT molecular complexity index is 771. The minimum Gasteiger partial charge on any atom is -0.465 e. The molecule has 1 saturated heterocycles. The summed E-state index contributed by atoms with van der Waals surface area (Å²) in [6, 6.07) is 14.8. The van der Waals surface area contributed by atoms with E-state index in [1.807, 2.05) is 36.4 Å². The zero-order valence-corrected chi connectivity index (χ0v) is 15.1. The Morgan fingerprint density at radius 3 is 2.28 bits per heavy atom. The number of nitrogens with zero attached hydrogens (tertiary/aromatic N) is 2. The number of anilines is 2. The van der Waals surface area contributed by atoms with E-state index < -0.39 is 6.09 Å². The molecule has 0 aromatic heterocycles. The summed E-state index contributed by atoms with van der Waals surface area (Å²) in [7, 11) is 0. The number of hydrogen-bond acceptors (Lipinski definition) is 3. The van der Waals surface area contributed by atoms with Crippen LogP contribution in [0.3, 0.4) is 0 Å². The number of amides is 2. The number of nitrogens with one attached hydrogen (secondary N) is 1. The van der Waals surface area contributed by atoms with Crippen molar-refractivity contribution in [1.29, 1.82) is 0 Å². The second-order valence-corrected chi connectivity index (χ2v) is 6.68. The molecule has 2 aromatic rings. The number of benzene rings is 2. The maximum atomic E-state index is 12.3. The molecule has 0 radical (unpaired) electrons. The number of carbonyl (C=O) groups is 2. The number of hydrogen-bond donors (Lipinski definition) is 2. The summed E-state index contributed by atoms with van der Waals surface area (Å²) in [5, 5.41) is 11.9. The van der Waals surface area contributed by atoms with Gasteiger partial charge in [0, 0.05) is 47.6 Å². The Morgan fingerprint density at radius 2 is 1.68 bits per heavy atom. The number of halogens is 1. The fourth-order valence-electron chi connectivity index (χ4n) is 2.75. The highest BCUT2D eigenvalue weighted by Gasteiger charge is 2.20. The van der Waals surface area contributed by atoms with Gasteiger partial charge in [0.15, 0.2) is 0 Å². The highest BCUT2D eigenvalue weighted by atomic mass is 79.9. The quantitative estimate of drug-likeness (QED) is 0.822. The summed E-state index contributed by atoms with van der Waals surface area (Å²) in [4.78, 5) is 26.8. The standard InChI is InChI=1S/C18H18BrN3O3/c19-14-2-1-3-15(12-14)20-17(23)13-4-6-16(7-5-13)21-8-10-22(11-9-21)18(24)25/h1-7,12H,8-11H2,(H,20,23)(H,24,25). The van der Waals surface area contributed by atoms with Crippen molar-refractivity contribution >= 4 is 39.3 Å². The summed E-state index contributed by atoms with van der Waals surface area (Å²) in [5.41, 5.74) is 2.30. The van der Waals surface area contributed by atoms with Crippen molar-refractivity contribution in [1.82, 2.24) is 4.90 Å². The summed E-state index contributed by atoms with van der Waals surface area (Å²) in [5.74, 6) is -0.166. The highest BCUT2D eigenvalue weighted by molar-refractivity contribution is 9.10. The van der Waals surface area contributed by atoms with E-state index in [0.717, 1.165) is 15.8 Å². The van der Waals surface area contributed by atoms with Gasteiger partial charge in [-0.2, -0.15) is 0 Å². The largest absolute Gasteiger partial charge is 0.465 e. The minimum absolute atomic E-state index is 0.166. The van der Waals surface area contributed by atoms with Crippen LogP contribution in [0.15, 0.2) is 53.0 Å². The molecule has 0 unspecified atom stereocenters. The third-order valence-electron chi connectivity index (χ3n) is 4.13. The van der Waals surface area contributed by atoms with Gasteiger partial charge in [-0.3, -0.25) is 4.79 Å². The average Bonchev–Trinajstić information content (AvgIpc) is 2.62. The summed E-state index contributed by atoms with van der Waals surface area (Å²) >= 11 is 3.38. The zero-order valence-electron chi connectivity index (χ0n) is 13.5. The molecule has 25 heavy (non-hydrogen) atoms. The van der Waals surface area contributed by atoms with Crippen molar-refractivity contribution in [2.24, 2.45) is 0 Å². The Morgan fingerprint density at radius 1 is 1.00 bits per heavy atom. The molecule has 1 aliphatic rings. The molecule has 2 aromatic carbocycles. The molecule has 0 spiro atoms. The van der Waals surface area contributed by atoms with Crippen LogP contribution < -0.4 is 10.2 Å². The van der Waals surface area contributed by atoms with Gasteiger partial charge in [0.1, 0.15) is 0 Å². The van der Waals surface area contributed by atoms with E-state index in [0.29, 0.717) is 31.7 Å². The summed E-state index contributed by atoms with van der Waals surface area (Å²) in [6.07, 6.45) is -0.876. The van der Waals surface area contributed by atoms with Crippen LogP contribution in [0.4, 0.5) is 16.2 Å². The van der Waals surface area contributed by atoms with Gasteiger partial charge in [-0.05, 0) is 42.5 Å². The third-order valence-corrected chi connectivity index (χ3v) is 4.62. The molecule has 0 atom stereocenters. The Balaban J connectivity index is 1.62. The minimum atomic E-state index is -0.876. The van der Waals surface area contributed by atoms with Crippen molar-refractivity contribution in [2.45, 2.75) is 0 Å². The van der Waals surface area contributed by atoms with Crippen molar-refractivity contribution in [2.75, 3.05) is 36.4 Å². The Labute approximate surface area is 154 Å². The van der Waals surface area contributed by atoms with E-state index in [9.17, 15) is 9.59 Å². The second-order valence-electron chi connectivity index (χ2n) is 5.77. The van der Waals surface area contributed by atoms with Crippen LogP contribution in [0, 0.1) is 0 Å². The number of piperazine rings is 1. The summed E-state index contributed by atoms with van der Waals surface area (Å²) < 4.78 is 0.904. The molecule has 0 saturated carbocycles. The average molecular weight is 404 g/mol. The molecule has 1 aliphatic heterocycles. The lowest BCUT2D eigenvalue weighted by Crippen LogP contribution is -2.48. The monoisotopic (exact) mass is 403 g/mol. The van der Waals surface area contributed by atoms with Crippen molar-refractivity contribution < 1.29 is 14.7 Å². The van der Waals surface area contributed by atoms with Gasteiger partial charge >= 0.3 is 6.09 Å². The van der Waals surface area contributed by atoms with Gasteiger partial charge in [-0.15, -0.1) is 0 Å². The maximum absolute atomic E-state index is 12.3. The summed E-state index contributed by atoms with van der Waals surface area (Å²) in [6.45, 7) is 2.27. The lowest BCUT2D eigenvalue weighted by molar-refractivity contribution is 0.102. The van der Waals surface area contributed by atoms with E-state index in [2.05, 4.69) is 26.1 Å².